The summed E-state index contributed by atoms with van der Waals surface area (Å²) in [6.07, 6.45) is -0.630. The first-order valence-corrected chi connectivity index (χ1v) is 8.19. The number of pyridine rings is 1. The molecule has 0 bridgehead atoms. The zero-order valence-corrected chi connectivity index (χ0v) is 14.3. The van der Waals surface area contributed by atoms with Crippen molar-refractivity contribution >= 4 is 12.3 Å². The van der Waals surface area contributed by atoms with E-state index in [1.165, 1.54) is 0 Å². The molecule has 3 rings (SSSR count). The van der Waals surface area contributed by atoms with Crippen molar-refractivity contribution in [1.29, 1.82) is 0 Å². The molecule has 26 heavy (non-hydrogen) atoms. The van der Waals surface area contributed by atoms with Crippen LogP contribution in [0, 0.1) is 0 Å². The molecule has 2 aromatic rings. The van der Waals surface area contributed by atoms with Crippen LogP contribution in [0.25, 0.3) is 11.4 Å². The lowest BCUT2D eigenvalue weighted by Gasteiger charge is -2.18. The smallest absolute Gasteiger partial charge is 0.297 e. The van der Waals surface area contributed by atoms with Crippen molar-refractivity contribution in [2.75, 3.05) is 24.6 Å². The van der Waals surface area contributed by atoms with E-state index < -0.39 is 12.2 Å². The van der Waals surface area contributed by atoms with Gasteiger partial charge in [-0.3, -0.25) is 4.79 Å². The van der Waals surface area contributed by atoms with E-state index in [0.29, 0.717) is 29.7 Å². The molecule has 0 radical (unpaired) electrons. The number of carbonyl (C=O) groups is 1. The first-order valence-electron chi connectivity index (χ1n) is 8.19. The summed E-state index contributed by atoms with van der Waals surface area (Å²) in [5.41, 5.74) is 0.888. The molecule has 1 aliphatic heterocycles. The van der Waals surface area contributed by atoms with Crippen LogP contribution in [0.3, 0.4) is 0 Å². The molecule has 1 saturated heterocycles. The van der Waals surface area contributed by atoms with Gasteiger partial charge in [-0.25, -0.2) is 23.7 Å². The molecule has 0 amide bonds. The quantitative estimate of drug-likeness (QED) is 0.813. The van der Waals surface area contributed by atoms with Crippen molar-refractivity contribution in [2.24, 2.45) is 0 Å². The van der Waals surface area contributed by atoms with Gasteiger partial charge < -0.3 is 14.7 Å². The Labute approximate surface area is 149 Å². The van der Waals surface area contributed by atoms with Crippen LogP contribution < -0.4 is 9.64 Å². The van der Waals surface area contributed by atoms with E-state index in [-0.39, 0.29) is 6.47 Å². The number of hydrogen-bond donors (Lipinski definition) is 1. The number of hydrogen-bond acceptors (Lipinski definition) is 6. The lowest BCUT2D eigenvalue weighted by atomic mass is 10.2. The van der Waals surface area contributed by atoms with Gasteiger partial charge in [-0.1, -0.05) is 6.07 Å². The summed E-state index contributed by atoms with van der Waals surface area (Å²) in [6.45, 7) is 3.75. The van der Waals surface area contributed by atoms with Crippen molar-refractivity contribution in [3.63, 3.8) is 0 Å². The Morgan fingerprint density at radius 2 is 1.92 bits per heavy atom. The standard InChI is InChI=1S/C16H18F2N4O.CH2O2/c1-2-23-14-7-5-6-11(19-14)12-10-13(22-8-3-4-9-22)21-16(20-12)15(17)18;2-1-3/h5-7,10,15H,2-4,8-9H2,1H3;1H,(H,2,3). The van der Waals surface area contributed by atoms with Gasteiger partial charge >= 0.3 is 0 Å². The molecule has 7 nitrogen and oxygen atoms in total. The summed E-state index contributed by atoms with van der Waals surface area (Å²) in [5, 5.41) is 6.89. The molecule has 3 heterocycles. The second-order valence-electron chi connectivity index (χ2n) is 5.36. The minimum absolute atomic E-state index is 0.250. The van der Waals surface area contributed by atoms with Gasteiger partial charge in [0, 0.05) is 25.2 Å². The van der Waals surface area contributed by atoms with E-state index in [0.717, 1.165) is 25.9 Å². The van der Waals surface area contributed by atoms with Crippen LogP contribution >= 0.6 is 0 Å². The number of alkyl halides is 2. The van der Waals surface area contributed by atoms with Gasteiger partial charge in [0.2, 0.25) is 5.88 Å². The molecule has 0 spiro atoms. The van der Waals surface area contributed by atoms with E-state index in [2.05, 4.69) is 15.0 Å². The number of carboxylic acid groups (broad SMARTS) is 1. The lowest BCUT2D eigenvalue weighted by molar-refractivity contribution is -0.122. The Kier molecular flexibility index (Phi) is 7.19. The molecule has 140 valence electrons. The minimum Gasteiger partial charge on any atom is -0.483 e. The molecule has 0 aromatic carbocycles. The van der Waals surface area contributed by atoms with Crippen molar-refractivity contribution in [3.05, 3.63) is 30.1 Å². The molecular weight excluding hydrogens is 346 g/mol. The number of halogens is 2. The molecule has 0 unspecified atom stereocenters. The van der Waals surface area contributed by atoms with E-state index >= 15 is 0 Å². The van der Waals surface area contributed by atoms with Crippen molar-refractivity contribution in [2.45, 2.75) is 26.2 Å². The minimum atomic E-state index is -2.72. The maximum Gasteiger partial charge on any atom is 0.297 e. The number of anilines is 1. The predicted molar refractivity (Wildman–Crippen MR) is 91.5 cm³/mol. The summed E-state index contributed by atoms with van der Waals surface area (Å²) in [4.78, 5) is 22.7. The van der Waals surface area contributed by atoms with Gasteiger partial charge in [-0.2, -0.15) is 0 Å². The number of nitrogens with zero attached hydrogens (tertiary/aromatic N) is 4. The van der Waals surface area contributed by atoms with Gasteiger partial charge in [-0.15, -0.1) is 0 Å². The molecule has 1 fully saturated rings. The monoisotopic (exact) mass is 366 g/mol. The van der Waals surface area contributed by atoms with E-state index in [4.69, 9.17) is 14.6 Å². The summed E-state index contributed by atoms with van der Waals surface area (Å²) in [6, 6.07) is 6.94. The molecular formula is C17H20F2N4O3. The number of ether oxygens (including phenoxy) is 1. The maximum absolute atomic E-state index is 13.1. The molecule has 0 atom stereocenters. The van der Waals surface area contributed by atoms with Crippen LogP contribution in [-0.2, 0) is 4.79 Å². The van der Waals surface area contributed by atoms with Crippen LogP contribution in [0.5, 0.6) is 5.88 Å². The fraction of sp³-hybridized carbons (Fsp3) is 0.412. The Hall–Kier alpha value is -2.84. The first-order chi connectivity index (χ1) is 12.6. The normalized spacial score (nSPS) is 13.3. The highest BCUT2D eigenvalue weighted by atomic mass is 19.3. The Balaban J connectivity index is 0.000000758. The lowest BCUT2D eigenvalue weighted by Crippen LogP contribution is -2.20. The van der Waals surface area contributed by atoms with Gasteiger partial charge in [-0.05, 0) is 25.8 Å². The summed E-state index contributed by atoms with van der Waals surface area (Å²) < 4.78 is 31.6. The fourth-order valence-corrected chi connectivity index (χ4v) is 2.58. The average Bonchev–Trinajstić information content (AvgIpc) is 3.17. The van der Waals surface area contributed by atoms with Crippen LogP contribution in [0.4, 0.5) is 14.6 Å². The summed E-state index contributed by atoms with van der Waals surface area (Å²) >= 11 is 0. The first kappa shape index (κ1) is 19.5. The molecule has 1 N–H and O–H groups in total. The topological polar surface area (TPSA) is 88.4 Å². The third-order valence-electron chi connectivity index (χ3n) is 3.63. The SMILES string of the molecule is CCOc1cccc(-c2cc(N3CCCC3)nc(C(F)F)n2)n1.O=CO. The largest absolute Gasteiger partial charge is 0.483 e. The molecule has 0 saturated carbocycles. The zero-order chi connectivity index (χ0) is 18.9. The second kappa shape index (κ2) is 9.59. The van der Waals surface area contributed by atoms with Gasteiger partial charge in [0.15, 0.2) is 5.82 Å². The predicted octanol–water partition coefficient (Wildman–Crippen LogP) is 3.18. The summed E-state index contributed by atoms with van der Waals surface area (Å²) in [5.74, 6) is 0.518. The van der Waals surface area contributed by atoms with Crippen LogP contribution in [-0.4, -0.2) is 46.2 Å². The highest BCUT2D eigenvalue weighted by Crippen LogP contribution is 2.27. The third-order valence-corrected chi connectivity index (χ3v) is 3.63. The Bertz CT molecular complexity index is 725. The molecule has 0 aliphatic carbocycles. The molecule has 2 aromatic heterocycles. The number of rotatable bonds is 5. The number of aromatic nitrogens is 3. The third kappa shape index (κ3) is 5.08. The van der Waals surface area contributed by atoms with Crippen LogP contribution in [0.1, 0.15) is 32.0 Å². The maximum atomic E-state index is 13.1. The average molecular weight is 366 g/mol. The Morgan fingerprint density at radius 1 is 1.23 bits per heavy atom. The van der Waals surface area contributed by atoms with Crippen LogP contribution in [0.2, 0.25) is 0 Å². The van der Waals surface area contributed by atoms with E-state index in [1.807, 2.05) is 11.8 Å². The zero-order valence-electron chi connectivity index (χ0n) is 14.3. The molecule has 1 aliphatic rings. The molecule has 9 heteroatoms. The van der Waals surface area contributed by atoms with Crippen LogP contribution in [0.15, 0.2) is 24.3 Å². The van der Waals surface area contributed by atoms with E-state index in [9.17, 15) is 8.78 Å². The van der Waals surface area contributed by atoms with Gasteiger partial charge in [0.05, 0.1) is 18.0 Å². The fourth-order valence-electron chi connectivity index (χ4n) is 2.58. The van der Waals surface area contributed by atoms with Gasteiger partial charge in [0.25, 0.3) is 12.9 Å². The second-order valence-corrected chi connectivity index (χ2v) is 5.36. The highest BCUT2D eigenvalue weighted by Gasteiger charge is 2.20. The van der Waals surface area contributed by atoms with Crippen molar-refractivity contribution in [3.8, 4) is 17.3 Å². The summed E-state index contributed by atoms with van der Waals surface area (Å²) in [7, 11) is 0. The van der Waals surface area contributed by atoms with Gasteiger partial charge in [0.1, 0.15) is 5.82 Å². The van der Waals surface area contributed by atoms with Crippen molar-refractivity contribution in [1.82, 2.24) is 15.0 Å². The van der Waals surface area contributed by atoms with Crippen molar-refractivity contribution < 1.29 is 23.4 Å². The highest BCUT2D eigenvalue weighted by molar-refractivity contribution is 5.60. The van der Waals surface area contributed by atoms with E-state index in [1.54, 1.807) is 24.3 Å². The Morgan fingerprint density at radius 3 is 2.54 bits per heavy atom.